The number of hydrogen-bond acceptors (Lipinski definition) is 3. The van der Waals surface area contributed by atoms with Gasteiger partial charge in [0.25, 0.3) is 0 Å². The van der Waals surface area contributed by atoms with Crippen molar-refractivity contribution in [3.63, 3.8) is 0 Å². The molecule has 1 heterocycles. The maximum Gasteiger partial charge on any atom is 0.229 e. The number of ether oxygens (including phenoxy) is 1. The minimum absolute atomic E-state index is 0.0762. The van der Waals surface area contributed by atoms with Crippen molar-refractivity contribution in [2.75, 3.05) is 24.3 Å². The Morgan fingerprint density at radius 3 is 2.61 bits per heavy atom. The Hall–Kier alpha value is -2.40. The van der Waals surface area contributed by atoms with Gasteiger partial charge < -0.3 is 15.8 Å². The van der Waals surface area contributed by atoms with Crippen LogP contribution < -0.4 is 11.1 Å². The summed E-state index contributed by atoms with van der Waals surface area (Å²) in [6.45, 7) is 1.16. The number of nitrogens with two attached hydrogens (primary N) is 1. The number of nitrogens with one attached hydrogen (secondary N) is 1. The molecule has 1 amide bonds. The van der Waals surface area contributed by atoms with Crippen molar-refractivity contribution in [2.45, 2.75) is 12.8 Å². The van der Waals surface area contributed by atoms with Crippen molar-refractivity contribution < 1.29 is 13.9 Å². The third kappa shape index (κ3) is 3.68. The van der Waals surface area contributed by atoms with Gasteiger partial charge in [0.05, 0.1) is 23.9 Å². The topological polar surface area (TPSA) is 64.3 Å². The SMILES string of the molecule is Nc1ccc(-c2ccc(F)cc2)cc1NC(=O)C1CCCOC1. The summed E-state index contributed by atoms with van der Waals surface area (Å²) >= 11 is 0. The number of amides is 1. The van der Waals surface area contributed by atoms with Crippen LogP contribution in [0.25, 0.3) is 11.1 Å². The smallest absolute Gasteiger partial charge is 0.229 e. The summed E-state index contributed by atoms with van der Waals surface area (Å²) in [5, 5.41) is 2.88. The van der Waals surface area contributed by atoms with Gasteiger partial charge in [0.2, 0.25) is 5.91 Å². The van der Waals surface area contributed by atoms with Gasteiger partial charge >= 0.3 is 0 Å². The fourth-order valence-electron chi connectivity index (χ4n) is 2.67. The molecule has 1 atom stereocenters. The van der Waals surface area contributed by atoms with Crippen LogP contribution >= 0.6 is 0 Å². The summed E-state index contributed by atoms with van der Waals surface area (Å²) in [6.07, 6.45) is 1.71. The Morgan fingerprint density at radius 2 is 1.91 bits per heavy atom. The van der Waals surface area contributed by atoms with E-state index in [1.54, 1.807) is 18.2 Å². The van der Waals surface area contributed by atoms with Crippen molar-refractivity contribution >= 4 is 17.3 Å². The van der Waals surface area contributed by atoms with Gasteiger partial charge in [0.1, 0.15) is 5.82 Å². The molecule has 5 heteroatoms. The Kier molecular flexibility index (Phi) is 4.57. The van der Waals surface area contributed by atoms with E-state index in [0.717, 1.165) is 24.0 Å². The van der Waals surface area contributed by atoms with Gasteiger partial charge in [-0.3, -0.25) is 4.79 Å². The van der Waals surface area contributed by atoms with E-state index in [1.807, 2.05) is 12.1 Å². The number of rotatable bonds is 3. The zero-order valence-electron chi connectivity index (χ0n) is 12.7. The molecule has 0 aliphatic carbocycles. The monoisotopic (exact) mass is 314 g/mol. The second-order valence-corrected chi connectivity index (χ2v) is 5.71. The number of halogens is 1. The molecule has 1 saturated heterocycles. The van der Waals surface area contributed by atoms with Crippen LogP contribution in [-0.2, 0) is 9.53 Å². The minimum Gasteiger partial charge on any atom is -0.397 e. The van der Waals surface area contributed by atoms with E-state index in [4.69, 9.17) is 10.5 Å². The summed E-state index contributed by atoms with van der Waals surface area (Å²) < 4.78 is 18.4. The molecule has 4 nitrogen and oxygen atoms in total. The van der Waals surface area contributed by atoms with Crippen molar-refractivity contribution in [3.8, 4) is 11.1 Å². The average molecular weight is 314 g/mol. The van der Waals surface area contributed by atoms with E-state index in [-0.39, 0.29) is 17.6 Å². The van der Waals surface area contributed by atoms with Crippen molar-refractivity contribution in [2.24, 2.45) is 5.92 Å². The average Bonchev–Trinajstić information content (AvgIpc) is 2.58. The molecule has 0 bridgehead atoms. The summed E-state index contributed by atoms with van der Waals surface area (Å²) in [5.74, 6) is -0.500. The molecule has 0 radical (unpaired) electrons. The van der Waals surface area contributed by atoms with Crippen LogP contribution in [0.3, 0.4) is 0 Å². The molecular weight excluding hydrogens is 295 g/mol. The standard InChI is InChI=1S/C18H19FN2O2/c19-15-6-3-12(4-7-15)13-5-8-16(20)17(10-13)21-18(22)14-2-1-9-23-11-14/h3-8,10,14H,1-2,9,11,20H2,(H,21,22). The van der Waals surface area contributed by atoms with Crippen molar-refractivity contribution in [1.29, 1.82) is 0 Å². The Balaban J connectivity index is 1.80. The number of nitrogen functional groups attached to an aromatic ring is 1. The molecule has 2 aromatic rings. The zero-order valence-corrected chi connectivity index (χ0v) is 12.7. The Morgan fingerprint density at radius 1 is 1.17 bits per heavy atom. The van der Waals surface area contributed by atoms with E-state index in [0.29, 0.717) is 24.6 Å². The highest BCUT2D eigenvalue weighted by atomic mass is 19.1. The second-order valence-electron chi connectivity index (χ2n) is 5.71. The quantitative estimate of drug-likeness (QED) is 0.853. The van der Waals surface area contributed by atoms with Gasteiger partial charge in [-0.2, -0.15) is 0 Å². The molecule has 1 aliphatic heterocycles. The maximum atomic E-state index is 13.0. The van der Waals surface area contributed by atoms with Gasteiger partial charge in [-0.1, -0.05) is 18.2 Å². The number of benzene rings is 2. The first-order valence-electron chi connectivity index (χ1n) is 7.67. The van der Waals surface area contributed by atoms with Crippen molar-refractivity contribution in [1.82, 2.24) is 0 Å². The lowest BCUT2D eigenvalue weighted by Gasteiger charge is -2.21. The molecule has 3 rings (SSSR count). The van der Waals surface area contributed by atoms with Gasteiger partial charge in [0.15, 0.2) is 0 Å². The van der Waals surface area contributed by atoms with Crippen LogP contribution in [0.15, 0.2) is 42.5 Å². The predicted octanol–water partition coefficient (Wildman–Crippen LogP) is 3.44. The lowest BCUT2D eigenvalue weighted by molar-refractivity contribution is -0.123. The van der Waals surface area contributed by atoms with E-state index in [1.165, 1.54) is 12.1 Å². The first-order chi connectivity index (χ1) is 11.1. The fraction of sp³-hybridized carbons (Fsp3) is 0.278. The fourth-order valence-corrected chi connectivity index (χ4v) is 2.67. The summed E-state index contributed by atoms with van der Waals surface area (Å²) in [6, 6.07) is 11.6. The maximum absolute atomic E-state index is 13.0. The molecule has 0 saturated carbocycles. The van der Waals surface area contributed by atoms with Gasteiger partial charge in [0, 0.05) is 6.61 Å². The highest BCUT2D eigenvalue weighted by Crippen LogP contribution is 2.28. The van der Waals surface area contributed by atoms with Gasteiger partial charge in [-0.05, 0) is 48.2 Å². The molecule has 0 spiro atoms. The van der Waals surface area contributed by atoms with Gasteiger partial charge in [-0.15, -0.1) is 0 Å². The molecule has 1 aliphatic rings. The predicted molar refractivity (Wildman–Crippen MR) is 88.4 cm³/mol. The number of anilines is 2. The third-order valence-electron chi connectivity index (χ3n) is 4.02. The molecule has 23 heavy (non-hydrogen) atoms. The molecule has 1 fully saturated rings. The van der Waals surface area contributed by atoms with Crippen LogP contribution in [-0.4, -0.2) is 19.1 Å². The summed E-state index contributed by atoms with van der Waals surface area (Å²) in [5.41, 5.74) is 8.77. The van der Waals surface area contributed by atoms with E-state index in [9.17, 15) is 9.18 Å². The van der Waals surface area contributed by atoms with E-state index in [2.05, 4.69) is 5.32 Å². The molecular formula is C18H19FN2O2. The highest BCUT2D eigenvalue weighted by Gasteiger charge is 2.22. The Bertz CT molecular complexity index is 695. The summed E-state index contributed by atoms with van der Waals surface area (Å²) in [4.78, 5) is 12.3. The van der Waals surface area contributed by atoms with Crippen LogP contribution in [0.1, 0.15) is 12.8 Å². The highest BCUT2D eigenvalue weighted by molar-refractivity contribution is 5.96. The molecule has 120 valence electrons. The van der Waals surface area contributed by atoms with Crippen LogP contribution in [0.2, 0.25) is 0 Å². The summed E-state index contributed by atoms with van der Waals surface area (Å²) in [7, 11) is 0. The lowest BCUT2D eigenvalue weighted by atomic mass is 10.0. The third-order valence-corrected chi connectivity index (χ3v) is 4.02. The molecule has 1 unspecified atom stereocenters. The van der Waals surface area contributed by atoms with E-state index < -0.39 is 0 Å². The molecule has 0 aromatic heterocycles. The number of carbonyl (C=O) groups is 1. The lowest BCUT2D eigenvalue weighted by Crippen LogP contribution is -2.30. The second kappa shape index (κ2) is 6.79. The van der Waals surface area contributed by atoms with Gasteiger partial charge in [-0.25, -0.2) is 4.39 Å². The minimum atomic E-state index is -0.282. The molecule has 3 N–H and O–H groups in total. The number of hydrogen-bond donors (Lipinski definition) is 2. The largest absolute Gasteiger partial charge is 0.397 e. The van der Waals surface area contributed by atoms with E-state index >= 15 is 0 Å². The van der Waals surface area contributed by atoms with Crippen LogP contribution in [0.4, 0.5) is 15.8 Å². The number of carbonyl (C=O) groups excluding carboxylic acids is 1. The van der Waals surface area contributed by atoms with Crippen LogP contribution in [0.5, 0.6) is 0 Å². The first-order valence-corrected chi connectivity index (χ1v) is 7.67. The van der Waals surface area contributed by atoms with Crippen molar-refractivity contribution in [3.05, 3.63) is 48.3 Å². The van der Waals surface area contributed by atoms with Crippen LogP contribution in [0, 0.1) is 11.7 Å². The normalized spacial score (nSPS) is 17.7. The molecule has 2 aromatic carbocycles. The Labute approximate surface area is 134 Å². The zero-order chi connectivity index (χ0) is 16.2. The first kappa shape index (κ1) is 15.5.